The van der Waals surface area contributed by atoms with E-state index in [0.717, 1.165) is 45.9 Å². The molecule has 0 aliphatic heterocycles. The van der Waals surface area contributed by atoms with Crippen molar-refractivity contribution in [3.8, 4) is 22.3 Å². The minimum Gasteiger partial charge on any atom is -0.289 e. The largest absolute Gasteiger partial charge is 0.289 e. The Hall–Kier alpha value is -4.57. The quantitative estimate of drug-likeness (QED) is 0.243. The maximum atomic E-state index is 5.08. The Balaban J connectivity index is 1.45. The van der Waals surface area contributed by atoms with Gasteiger partial charge < -0.3 is 0 Å². The third-order valence-electron chi connectivity index (χ3n) is 7.92. The molecule has 0 fully saturated rings. The van der Waals surface area contributed by atoms with Gasteiger partial charge in [-0.3, -0.25) is 14.4 Å². The molecule has 0 radical (unpaired) electrons. The maximum Gasteiger partial charge on any atom is 0.146 e. The van der Waals surface area contributed by atoms with Crippen LogP contribution in [0.15, 0.2) is 85.3 Å². The lowest BCUT2D eigenvalue weighted by atomic mass is 9.93. The third kappa shape index (κ3) is 2.15. The van der Waals surface area contributed by atoms with E-state index in [-0.39, 0.29) is 0 Å². The molecule has 0 atom stereocenters. The van der Waals surface area contributed by atoms with Crippen LogP contribution >= 0.6 is 0 Å². The highest BCUT2D eigenvalue weighted by Crippen LogP contribution is 2.50. The molecule has 35 heavy (non-hydrogen) atoms. The first kappa shape index (κ1) is 17.8. The van der Waals surface area contributed by atoms with Crippen molar-refractivity contribution in [2.45, 2.75) is 12.8 Å². The van der Waals surface area contributed by atoms with E-state index in [1.807, 2.05) is 30.7 Å². The highest BCUT2D eigenvalue weighted by molar-refractivity contribution is 6.14. The Morgan fingerprint density at radius 2 is 1.51 bits per heavy atom. The number of aromatic nitrogens is 4. The van der Waals surface area contributed by atoms with Crippen LogP contribution in [0.2, 0.25) is 0 Å². The summed E-state index contributed by atoms with van der Waals surface area (Å²) in [6.07, 6.45) is 7.57. The highest BCUT2D eigenvalue weighted by atomic mass is 15.0. The van der Waals surface area contributed by atoms with Crippen molar-refractivity contribution >= 4 is 38.5 Å². The second kappa shape index (κ2) is 6.10. The van der Waals surface area contributed by atoms with Crippen molar-refractivity contribution in [1.82, 2.24) is 19.4 Å². The molecule has 0 N–H and O–H groups in total. The van der Waals surface area contributed by atoms with Crippen LogP contribution in [-0.4, -0.2) is 19.4 Å². The molecule has 0 bridgehead atoms. The van der Waals surface area contributed by atoms with Gasteiger partial charge in [-0.25, -0.2) is 4.98 Å². The van der Waals surface area contributed by atoms with E-state index in [2.05, 4.69) is 64.0 Å². The molecular formula is C31H18N4. The Morgan fingerprint density at radius 1 is 0.657 bits per heavy atom. The lowest BCUT2D eigenvalue weighted by Crippen LogP contribution is -1.94. The van der Waals surface area contributed by atoms with Crippen LogP contribution in [0.4, 0.5) is 0 Å². The molecule has 2 aliphatic carbocycles. The number of fused-ring (bicyclic) bond motifs is 15. The van der Waals surface area contributed by atoms with E-state index in [0.29, 0.717) is 0 Å². The molecule has 4 heteroatoms. The molecule has 162 valence electrons. The molecule has 4 nitrogen and oxygen atoms in total. The summed E-state index contributed by atoms with van der Waals surface area (Å²) < 4.78 is 2.22. The van der Waals surface area contributed by atoms with E-state index in [4.69, 9.17) is 9.97 Å². The van der Waals surface area contributed by atoms with Gasteiger partial charge in [0.05, 0.1) is 28.3 Å². The first-order valence-corrected chi connectivity index (χ1v) is 12.0. The van der Waals surface area contributed by atoms with Crippen LogP contribution < -0.4 is 0 Å². The minimum absolute atomic E-state index is 0.952. The van der Waals surface area contributed by atoms with Crippen LogP contribution in [0.3, 0.4) is 0 Å². The lowest BCUT2D eigenvalue weighted by Gasteiger charge is -2.13. The van der Waals surface area contributed by atoms with Crippen LogP contribution in [0.1, 0.15) is 22.3 Å². The zero-order valence-electron chi connectivity index (χ0n) is 18.8. The SMILES string of the molecule is c1ccc2c(c1)Cc1ccc3c(c1-2)-c1cc2c(cc1C3)c1ncccc1n1c3cnccc3nc21. The number of nitrogens with zero attached hydrogens (tertiary/aromatic N) is 4. The van der Waals surface area contributed by atoms with Crippen molar-refractivity contribution < 1.29 is 0 Å². The van der Waals surface area contributed by atoms with Crippen molar-refractivity contribution in [3.05, 3.63) is 108 Å². The molecule has 4 aromatic heterocycles. The van der Waals surface area contributed by atoms with Crippen molar-refractivity contribution in [1.29, 1.82) is 0 Å². The minimum atomic E-state index is 0.952. The van der Waals surface area contributed by atoms with Crippen LogP contribution in [0.5, 0.6) is 0 Å². The Bertz CT molecular complexity index is 2070. The fourth-order valence-electron chi connectivity index (χ4n) is 6.47. The van der Waals surface area contributed by atoms with Gasteiger partial charge in [0, 0.05) is 23.2 Å². The summed E-state index contributed by atoms with van der Waals surface area (Å²) in [6, 6.07) is 24.4. The number of hydrogen-bond donors (Lipinski definition) is 0. The molecular weight excluding hydrogens is 428 g/mol. The van der Waals surface area contributed by atoms with Crippen LogP contribution in [0.25, 0.3) is 60.7 Å². The van der Waals surface area contributed by atoms with Crippen molar-refractivity contribution in [3.63, 3.8) is 0 Å². The molecule has 4 heterocycles. The van der Waals surface area contributed by atoms with Gasteiger partial charge in [-0.05, 0) is 87.7 Å². The van der Waals surface area contributed by atoms with E-state index in [1.54, 1.807) is 0 Å². The molecule has 0 saturated carbocycles. The summed E-state index contributed by atoms with van der Waals surface area (Å²) in [5.74, 6) is 0. The predicted molar refractivity (Wildman–Crippen MR) is 140 cm³/mol. The normalized spacial score (nSPS) is 13.5. The van der Waals surface area contributed by atoms with Gasteiger partial charge in [0.15, 0.2) is 0 Å². The second-order valence-electron chi connectivity index (χ2n) is 9.71. The first-order valence-electron chi connectivity index (χ1n) is 12.0. The molecule has 7 aromatic rings. The number of hydrogen-bond acceptors (Lipinski definition) is 3. The monoisotopic (exact) mass is 446 g/mol. The standard InChI is InChI=1S/C31H18N4/c1-2-5-21-17(4-1)12-18-7-8-19-13-20-14-23-24(15-22(20)29(19)28(18)21)31-34-25-9-11-32-16-27(25)35(31)26-6-3-10-33-30(23)26/h1-11,14-16H,12-13H2. The Kier molecular flexibility index (Phi) is 3.11. The molecule has 0 saturated heterocycles. The van der Waals surface area contributed by atoms with Gasteiger partial charge in [0.25, 0.3) is 0 Å². The molecule has 0 amide bonds. The molecule has 9 rings (SSSR count). The topological polar surface area (TPSA) is 43.1 Å². The van der Waals surface area contributed by atoms with E-state index in [1.165, 1.54) is 49.9 Å². The van der Waals surface area contributed by atoms with Gasteiger partial charge in [-0.15, -0.1) is 0 Å². The number of rotatable bonds is 0. The second-order valence-corrected chi connectivity index (χ2v) is 9.71. The van der Waals surface area contributed by atoms with Gasteiger partial charge >= 0.3 is 0 Å². The third-order valence-corrected chi connectivity index (χ3v) is 7.92. The van der Waals surface area contributed by atoms with Gasteiger partial charge in [-0.2, -0.15) is 0 Å². The lowest BCUT2D eigenvalue weighted by molar-refractivity contribution is 1.23. The average Bonchev–Trinajstić information content (AvgIpc) is 3.58. The number of imidazole rings is 1. The van der Waals surface area contributed by atoms with Crippen LogP contribution in [-0.2, 0) is 12.8 Å². The summed E-state index contributed by atoms with van der Waals surface area (Å²) in [6.45, 7) is 0. The summed E-state index contributed by atoms with van der Waals surface area (Å²) in [5.41, 5.74) is 16.2. The smallest absolute Gasteiger partial charge is 0.146 e. The Morgan fingerprint density at radius 3 is 2.46 bits per heavy atom. The van der Waals surface area contributed by atoms with Gasteiger partial charge in [0.2, 0.25) is 0 Å². The van der Waals surface area contributed by atoms with E-state index in [9.17, 15) is 0 Å². The predicted octanol–water partition coefficient (Wildman–Crippen LogP) is 6.73. The zero-order chi connectivity index (χ0) is 22.7. The van der Waals surface area contributed by atoms with Crippen LogP contribution in [0, 0.1) is 0 Å². The fourth-order valence-corrected chi connectivity index (χ4v) is 6.47. The Labute approximate surface area is 200 Å². The van der Waals surface area contributed by atoms with E-state index < -0.39 is 0 Å². The van der Waals surface area contributed by atoms with Gasteiger partial charge in [-0.1, -0.05) is 36.4 Å². The van der Waals surface area contributed by atoms with E-state index >= 15 is 0 Å². The first-order chi connectivity index (χ1) is 17.3. The number of benzene rings is 3. The zero-order valence-corrected chi connectivity index (χ0v) is 18.8. The van der Waals surface area contributed by atoms with Gasteiger partial charge in [0.1, 0.15) is 5.65 Å². The molecule has 0 spiro atoms. The highest BCUT2D eigenvalue weighted by Gasteiger charge is 2.29. The maximum absolute atomic E-state index is 5.08. The average molecular weight is 447 g/mol. The van der Waals surface area contributed by atoms with Crippen molar-refractivity contribution in [2.75, 3.05) is 0 Å². The molecule has 0 unspecified atom stereocenters. The summed E-state index contributed by atoms with van der Waals surface area (Å²) in [4.78, 5) is 14.3. The fraction of sp³-hybridized carbons (Fsp3) is 0.0645. The number of pyridine rings is 3. The van der Waals surface area contributed by atoms with Crippen molar-refractivity contribution in [2.24, 2.45) is 0 Å². The molecule has 3 aromatic carbocycles. The molecule has 2 aliphatic rings. The summed E-state index contributed by atoms with van der Waals surface area (Å²) in [5, 5.41) is 2.31. The summed E-state index contributed by atoms with van der Waals surface area (Å²) in [7, 11) is 0. The summed E-state index contributed by atoms with van der Waals surface area (Å²) >= 11 is 0.